The first-order valence-electron chi connectivity index (χ1n) is 15.1. The Bertz CT molecular complexity index is 2320. The highest BCUT2D eigenvalue weighted by atomic mass is 35.5. The van der Waals surface area contributed by atoms with Crippen LogP contribution >= 0.6 is 34.5 Å². The first kappa shape index (κ1) is 37.5. The van der Waals surface area contributed by atoms with Crippen LogP contribution in [-0.4, -0.2) is 64.4 Å². The molecule has 0 fully saturated rings. The number of hydrogen-bond acceptors (Lipinski definition) is 10. The Kier molecular flexibility index (Phi) is 11.6. The van der Waals surface area contributed by atoms with Gasteiger partial charge in [-0.2, -0.15) is 0 Å². The van der Waals surface area contributed by atoms with E-state index in [-0.39, 0.29) is 32.5 Å². The molecule has 0 aliphatic carbocycles. The molecule has 0 radical (unpaired) electrons. The fraction of sp³-hybridized carbons (Fsp3) is 0.135. The molecule has 0 saturated heterocycles. The van der Waals surface area contributed by atoms with Crippen molar-refractivity contribution < 1.29 is 48.0 Å². The van der Waals surface area contributed by atoms with Crippen molar-refractivity contribution in [3.63, 3.8) is 0 Å². The van der Waals surface area contributed by atoms with Crippen molar-refractivity contribution in [1.82, 2.24) is 0 Å². The maximum Gasteiger partial charge on any atom is 0.339 e. The van der Waals surface area contributed by atoms with Gasteiger partial charge in [-0.05, 0) is 71.8 Å². The molecule has 3 N–H and O–H groups in total. The van der Waals surface area contributed by atoms with Gasteiger partial charge in [0, 0.05) is 32.3 Å². The Morgan fingerprint density at radius 2 is 1.10 bits per heavy atom. The number of thiophene rings is 1. The molecule has 0 aliphatic heterocycles. The number of nitrogens with one attached hydrogen (secondary N) is 2. The van der Waals surface area contributed by atoms with E-state index in [1.165, 1.54) is 89.4 Å². The van der Waals surface area contributed by atoms with E-state index in [0.29, 0.717) is 54.3 Å². The third-order valence-electron chi connectivity index (χ3n) is 7.76. The molecular weight excluding hydrogens is 735 g/mol. The van der Waals surface area contributed by atoms with E-state index in [2.05, 4.69) is 10.6 Å². The molecule has 0 atom stereocenters. The van der Waals surface area contributed by atoms with Crippen molar-refractivity contribution in [3.8, 4) is 23.0 Å². The van der Waals surface area contributed by atoms with E-state index in [1.807, 2.05) is 0 Å². The van der Waals surface area contributed by atoms with Gasteiger partial charge in [0.1, 0.15) is 0 Å². The van der Waals surface area contributed by atoms with E-state index >= 15 is 0 Å². The summed E-state index contributed by atoms with van der Waals surface area (Å²) in [6, 6.07) is 12.6. The summed E-state index contributed by atoms with van der Waals surface area (Å²) in [4.78, 5) is 51.3. The van der Waals surface area contributed by atoms with Crippen molar-refractivity contribution in [1.29, 1.82) is 0 Å². The fourth-order valence-corrected chi connectivity index (χ4v) is 7.02. The second-order valence-electron chi connectivity index (χ2n) is 10.7. The van der Waals surface area contributed by atoms with Gasteiger partial charge in [-0.3, -0.25) is 9.59 Å². The molecule has 1 heterocycles. The van der Waals surface area contributed by atoms with Gasteiger partial charge in [-0.15, -0.1) is 11.3 Å². The molecule has 0 unspecified atom stereocenters. The topological polar surface area (TPSA) is 159 Å². The number of aromatic carboxylic acids is 1. The van der Waals surface area contributed by atoms with E-state index < -0.39 is 23.8 Å². The van der Waals surface area contributed by atoms with E-state index in [0.717, 1.165) is 0 Å². The Hall–Kier alpha value is -5.76. The van der Waals surface area contributed by atoms with Gasteiger partial charge in [0.2, 0.25) is 11.8 Å². The molecule has 5 rings (SSSR count). The quantitative estimate of drug-likeness (QED) is 0.0836. The van der Waals surface area contributed by atoms with E-state index in [9.17, 15) is 24.3 Å². The summed E-state index contributed by atoms with van der Waals surface area (Å²) in [6.45, 7) is 0. The van der Waals surface area contributed by atoms with Crippen molar-refractivity contribution in [2.24, 2.45) is 0 Å². The summed E-state index contributed by atoms with van der Waals surface area (Å²) >= 11 is 14.1. The number of hydrogen-bond donors (Lipinski definition) is 3. The lowest BCUT2D eigenvalue weighted by Gasteiger charge is -2.11. The fourth-order valence-electron chi connectivity index (χ4n) is 5.28. The average molecular weight is 766 g/mol. The monoisotopic (exact) mass is 764 g/mol. The van der Waals surface area contributed by atoms with Gasteiger partial charge in [0.05, 0.1) is 68.1 Å². The largest absolute Gasteiger partial charge is 0.493 e. The predicted octanol–water partition coefficient (Wildman–Crippen LogP) is 8.18. The molecule has 12 nitrogen and oxygen atoms in total. The molecule has 0 aliphatic rings. The first-order valence-corrected chi connectivity index (χ1v) is 16.7. The highest BCUT2D eigenvalue weighted by molar-refractivity contribution is 7.25. The number of carboxylic acid groups (broad SMARTS) is 1. The maximum atomic E-state index is 13.1. The van der Waals surface area contributed by atoms with Crippen LogP contribution in [-0.2, 0) is 14.3 Å². The van der Waals surface area contributed by atoms with Crippen LogP contribution in [0.15, 0.2) is 60.7 Å². The number of esters is 1. The van der Waals surface area contributed by atoms with Gasteiger partial charge >= 0.3 is 11.9 Å². The van der Waals surface area contributed by atoms with Crippen molar-refractivity contribution >= 4 is 102 Å². The van der Waals surface area contributed by atoms with Gasteiger partial charge in [0.25, 0.3) is 0 Å². The number of carboxylic acids is 1. The molecular formula is C37H30Cl2N2O10S. The molecule has 0 spiro atoms. The number of halogens is 2. The summed E-state index contributed by atoms with van der Waals surface area (Å²) < 4.78 is 27.3. The molecule has 15 heteroatoms. The van der Waals surface area contributed by atoms with Crippen LogP contribution in [0.4, 0.5) is 11.4 Å². The Labute approximate surface area is 311 Å². The van der Waals surface area contributed by atoms with Crippen LogP contribution in [0.3, 0.4) is 0 Å². The van der Waals surface area contributed by atoms with Crippen LogP contribution in [0.1, 0.15) is 31.8 Å². The smallest absolute Gasteiger partial charge is 0.339 e. The standard InChI is InChI=1S/C37H30Cl2N2O10S/c1-47-26-10-6-18(32(38)34(26)49-3)8-12-30(42)40-24-16-28-20(14-22(24)36(44)45)21-15-23(37(46)51-5)25(17-29(21)52-28)41-31(43)13-9-19-7-11-27(48-2)35(50-4)33(19)39/h6-17H,1-5H3,(H,40,42)(H,41,43)(H,44,45). The zero-order chi connectivity index (χ0) is 37.7. The average Bonchev–Trinajstić information content (AvgIpc) is 3.48. The van der Waals surface area contributed by atoms with Crippen molar-refractivity contribution in [3.05, 3.63) is 93.0 Å². The molecule has 0 saturated carbocycles. The van der Waals surface area contributed by atoms with Crippen molar-refractivity contribution in [2.45, 2.75) is 0 Å². The minimum absolute atomic E-state index is 0.0359. The summed E-state index contributed by atoms with van der Waals surface area (Å²) in [5, 5.41) is 16.9. The maximum absolute atomic E-state index is 13.1. The van der Waals surface area contributed by atoms with Crippen LogP contribution in [0.25, 0.3) is 32.3 Å². The number of ether oxygens (including phenoxy) is 5. The molecule has 0 bridgehead atoms. The lowest BCUT2D eigenvalue weighted by molar-refractivity contribution is -0.112. The first-order chi connectivity index (χ1) is 24.9. The lowest BCUT2D eigenvalue weighted by atomic mass is 10.0. The van der Waals surface area contributed by atoms with Crippen molar-refractivity contribution in [2.75, 3.05) is 46.2 Å². The van der Waals surface area contributed by atoms with Crippen LogP contribution < -0.4 is 29.6 Å². The summed E-state index contributed by atoms with van der Waals surface area (Å²) in [6.07, 6.45) is 5.39. The normalized spacial score (nSPS) is 11.2. The molecule has 2 amide bonds. The van der Waals surface area contributed by atoms with Gasteiger partial charge in [0.15, 0.2) is 23.0 Å². The third-order valence-corrected chi connectivity index (χ3v) is 9.65. The molecule has 1 aromatic heterocycles. The second-order valence-corrected chi connectivity index (χ2v) is 12.6. The van der Waals surface area contributed by atoms with Crippen LogP contribution in [0, 0.1) is 0 Å². The Morgan fingerprint density at radius 3 is 1.50 bits per heavy atom. The van der Waals surface area contributed by atoms with Gasteiger partial charge in [-0.25, -0.2) is 9.59 Å². The highest BCUT2D eigenvalue weighted by Crippen LogP contribution is 2.41. The number of carbonyl (C=O) groups excluding carboxylic acids is 3. The number of fused-ring (bicyclic) bond motifs is 3. The number of carbonyl (C=O) groups is 4. The minimum atomic E-state index is -1.29. The van der Waals surface area contributed by atoms with E-state index in [4.69, 9.17) is 46.9 Å². The molecule has 268 valence electrons. The van der Waals surface area contributed by atoms with Crippen LogP contribution in [0.2, 0.25) is 10.0 Å². The predicted molar refractivity (Wildman–Crippen MR) is 202 cm³/mol. The zero-order valence-corrected chi connectivity index (χ0v) is 30.5. The SMILES string of the molecule is COC(=O)c1cc2c(cc1NC(=O)C=Cc1ccc(OC)c(OC)c1Cl)sc1cc(NC(=O)C=Cc3ccc(OC)c(OC)c3Cl)c(C(=O)O)cc12. The number of anilines is 2. The minimum Gasteiger partial charge on any atom is -0.493 e. The Balaban J connectivity index is 1.47. The third kappa shape index (κ3) is 7.61. The summed E-state index contributed by atoms with van der Waals surface area (Å²) in [5.74, 6) is -1.77. The van der Waals surface area contributed by atoms with E-state index in [1.54, 1.807) is 30.3 Å². The Morgan fingerprint density at radius 1 is 0.654 bits per heavy atom. The van der Waals surface area contributed by atoms with Gasteiger partial charge in [-0.1, -0.05) is 23.2 Å². The number of rotatable bonds is 12. The number of methoxy groups -OCH3 is 5. The summed E-state index contributed by atoms with van der Waals surface area (Å²) in [7, 11) is 7.03. The second kappa shape index (κ2) is 16.1. The van der Waals surface area contributed by atoms with Gasteiger partial charge < -0.3 is 39.4 Å². The zero-order valence-electron chi connectivity index (χ0n) is 28.2. The summed E-state index contributed by atoms with van der Waals surface area (Å²) in [5.41, 5.74) is 1.01. The number of benzene rings is 4. The molecule has 5 aromatic rings. The number of amides is 2. The molecule has 52 heavy (non-hydrogen) atoms. The molecule has 4 aromatic carbocycles. The lowest BCUT2D eigenvalue weighted by Crippen LogP contribution is -2.13. The highest BCUT2D eigenvalue weighted by Gasteiger charge is 2.21. The van der Waals surface area contributed by atoms with Crippen LogP contribution in [0.5, 0.6) is 23.0 Å².